The van der Waals surface area contributed by atoms with Crippen molar-refractivity contribution in [3.05, 3.63) is 35.4 Å². The first kappa shape index (κ1) is 16.3. The number of carboxylic acids is 1. The summed E-state index contributed by atoms with van der Waals surface area (Å²) in [6, 6.07) is 6.19. The number of amides is 2. The molecule has 1 aromatic rings. The topological polar surface area (TPSA) is 87.7 Å². The van der Waals surface area contributed by atoms with Crippen molar-refractivity contribution in [1.82, 2.24) is 10.6 Å². The van der Waals surface area contributed by atoms with Gasteiger partial charge in [0.2, 0.25) is 0 Å². The number of hydrogen-bond donors (Lipinski definition) is 3. The second kappa shape index (κ2) is 7.26. The quantitative estimate of drug-likeness (QED) is 0.751. The van der Waals surface area contributed by atoms with E-state index in [1.165, 1.54) is 12.1 Å². The highest BCUT2D eigenvalue weighted by Gasteiger charge is 2.33. The van der Waals surface area contributed by atoms with Gasteiger partial charge in [-0.15, -0.1) is 0 Å². The number of rotatable bonds is 6. The van der Waals surface area contributed by atoms with E-state index >= 15 is 0 Å². The van der Waals surface area contributed by atoms with E-state index in [0.29, 0.717) is 13.1 Å². The number of nitrogens with one attached hydrogen (secondary N) is 2. The van der Waals surface area contributed by atoms with Crippen LogP contribution in [0.4, 0.5) is 4.79 Å². The molecule has 120 valence electrons. The summed E-state index contributed by atoms with van der Waals surface area (Å²) in [5.74, 6) is -0.960. The van der Waals surface area contributed by atoms with Crippen molar-refractivity contribution in [2.75, 3.05) is 13.7 Å². The maximum Gasteiger partial charge on any atom is 0.335 e. The van der Waals surface area contributed by atoms with E-state index < -0.39 is 5.97 Å². The minimum Gasteiger partial charge on any atom is -0.478 e. The number of methoxy groups -OCH3 is 1. The zero-order valence-corrected chi connectivity index (χ0v) is 12.7. The molecule has 1 aliphatic rings. The lowest BCUT2D eigenvalue weighted by Gasteiger charge is -2.27. The standard InChI is InChI=1S/C16H22N2O4/c1-22-16(8-2-3-9-16)11-18-15(21)17-10-12-4-6-13(7-5-12)14(19)20/h4-7H,2-3,8-11H2,1H3,(H,19,20)(H2,17,18,21). The normalized spacial score (nSPS) is 16.2. The van der Waals surface area contributed by atoms with Crippen LogP contribution >= 0.6 is 0 Å². The second-order valence-corrected chi connectivity index (χ2v) is 5.63. The summed E-state index contributed by atoms with van der Waals surface area (Å²) in [6.07, 6.45) is 4.21. The van der Waals surface area contributed by atoms with Gasteiger partial charge in [-0.3, -0.25) is 0 Å². The predicted octanol–water partition coefficient (Wildman–Crippen LogP) is 2.14. The first-order valence-electron chi connectivity index (χ1n) is 7.44. The second-order valence-electron chi connectivity index (χ2n) is 5.63. The zero-order chi connectivity index (χ0) is 16.0. The molecule has 6 nitrogen and oxygen atoms in total. The Kier molecular flexibility index (Phi) is 5.38. The molecule has 0 bridgehead atoms. The van der Waals surface area contributed by atoms with Crippen LogP contribution in [-0.4, -0.2) is 36.4 Å². The smallest absolute Gasteiger partial charge is 0.335 e. The molecule has 0 unspecified atom stereocenters. The van der Waals surface area contributed by atoms with Gasteiger partial charge < -0.3 is 20.5 Å². The van der Waals surface area contributed by atoms with Crippen molar-refractivity contribution in [2.24, 2.45) is 0 Å². The van der Waals surface area contributed by atoms with Crippen molar-refractivity contribution in [3.63, 3.8) is 0 Å². The molecule has 2 rings (SSSR count). The third kappa shape index (κ3) is 4.21. The number of benzene rings is 1. The molecule has 0 atom stereocenters. The lowest BCUT2D eigenvalue weighted by atomic mass is 10.0. The van der Waals surface area contributed by atoms with Crippen LogP contribution in [0.25, 0.3) is 0 Å². The van der Waals surface area contributed by atoms with Gasteiger partial charge in [-0.05, 0) is 30.5 Å². The minimum atomic E-state index is -0.960. The van der Waals surface area contributed by atoms with Gasteiger partial charge in [0.25, 0.3) is 0 Å². The monoisotopic (exact) mass is 306 g/mol. The maximum atomic E-state index is 11.8. The summed E-state index contributed by atoms with van der Waals surface area (Å²) in [7, 11) is 1.69. The van der Waals surface area contributed by atoms with Gasteiger partial charge in [0, 0.05) is 20.2 Å². The van der Waals surface area contributed by atoms with Crippen molar-refractivity contribution >= 4 is 12.0 Å². The van der Waals surface area contributed by atoms with Crippen molar-refractivity contribution < 1.29 is 19.4 Å². The van der Waals surface area contributed by atoms with E-state index in [4.69, 9.17) is 9.84 Å². The van der Waals surface area contributed by atoms with Crippen LogP contribution in [0.15, 0.2) is 24.3 Å². The van der Waals surface area contributed by atoms with Crippen molar-refractivity contribution in [3.8, 4) is 0 Å². The van der Waals surface area contributed by atoms with Crippen molar-refractivity contribution in [2.45, 2.75) is 37.8 Å². The largest absolute Gasteiger partial charge is 0.478 e. The summed E-state index contributed by atoms with van der Waals surface area (Å²) in [5.41, 5.74) is 0.861. The van der Waals surface area contributed by atoms with E-state index in [0.717, 1.165) is 31.2 Å². The molecule has 1 aliphatic carbocycles. The third-order valence-electron chi connectivity index (χ3n) is 4.17. The first-order valence-corrected chi connectivity index (χ1v) is 7.44. The molecule has 22 heavy (non-hydrogen) atoms. The van der Waals surface area contributed by atoms with Crippen LogP contribution in [0, 0.1) is 0 Å². The average Bonchev–Trinajstić information content (AvgIpc) is 3.01. The lowest BCUT2D eigenvalue weighted by molar-refractivity contribution is -0.00110. The molecule has 1 saturated carbocycles. The van der Waals surface area contributed by atoms with Gasteiger partial charge >= 0.3 is 12.0 Å². The summed E-state index contributed by atoms with van der Waals surface area (Å²) >= 11 is 0. The predicted molar refractivity (Wildman–Crippen MR) is 81.8 cm³/mol. The Hall–Kier alpha value is -2.08. The number of aromatic carboxylic acids is 1. The van der Waals surface area contributed by atoms with Gasteiger partial charge in [0.1, 0.15) is 0 Å². The molecular weight excluding hydrogens is 284 g/mol. The fourth-order valence-corrected chi connectivity index (χ4v) is 2.72. The van der Waals surface area contributed by atoms with Crippen LogP contribution < -0.4 is 10.6 Å². The van der Waals surface area contributed by atoms with Gasteiger partial charge in [0.15, 0.2) is 0 Å². The van der Waals surface area contributed by atoms with Crippen molar-refractivity contribution in [1.29, 1.82) is 0 Å². The van der Waals surface area contributed by atoms with E-state index in [-0.39, 0.29) is 17.2 Å². The molecule has 6 heteroatoms. The summed E-state index contributed by atoms with van der Waals surface area (Å²) < 4.78 is 5.55. The van der Waals surface area contributed by atoms with Crippen LogP contribution in [-0.2, 0) is 11.3 Å². The number of carbonyl (C=O) groups excluding carboxylic acids is 1. The van der Waals surface area contributed by atoms with Crippen LogP contribution in [0.2, 0.25) is 0 Å². The minimum absolute atomic E-state index is 0.222. The van der Waals surface area contributed by atoms with E-state index in [1.54, 1.807) is 19.2 Å². The molecule has 0 aromatic heterocycles. The number of carbonyl (C=O) groups is 2. The number of carboxylic acid groups (broad SMARTS) is 1. The van der Waals surface area contributed by atoms with Gasteiger partial charge in [-0.2, -0.15) is 0 Å². The Bertz CT molecular complexity index is 521. The van der Waals surface area contributed by atoms with E-state index in [1.807, 2.05) is 0 Å². The molecule has 0 aliphatic heterocycles. The molecule has 0 saturated heterocycles. The van der Waals surface area contributed by atoms with Crippen LogP contribution in [0.3, 0.4) is 0 Å². The van der Waals surface area contributed by atoms with Crippen LogP contribution in [0.1, 0.15) is 41.6 Å². The zero-order valence-electron chi connectivity index (χ0n) is 12.7. The summed E-state index contributed by atoms with van der Waals surface area (Å²) in [6.45, 7) is 0.860. The summed E-state index contributed by atoms with van der Waals surface area (Å²) in [5, 5.41) is 14.4. The first-order chi connectivity index (χ1) is 10.5. The highest BCUT2D eigenvalue weighted by Crippen LogP contribution is 2.31. The maximum absolute atomic E-state index is 11.8. The van der Waals surface area contributed by atoms with E-state index in [9.17, 15) is 9.59 Å². The highest BCUT2D eigenvalue weighted by molar-refractivity contribution is 5.87. The van der Waals surface area contributed by atoms with E-state index in [2.05, 4.69) is 10.6 Å². The molecule has 2 amide bonds. The number of ether oxygens (including phenoxy) is 1. The number of hydrogen-bond acceptors (Lipinski definition) is 3. The Labute approximate surface area is 129 Å². The fourth-order valence-electron chi connectivity index (χ4n) is 2.72. The molecule has 1 fully saturated rings. The SMILES string of the molecule is COC1(CNC(=O)NCc2ccc(C(=O)O)cc2)CCCC1. The Morgan fingerprint density at radius 3 is 2.36 bits per heavy atom. The molecule has 0 heterocycles. The molecule has 3 N–H and O–H groups in total. The van der Waals surface area contributed by atoms with Gasteiger partial charge in [-0.25, -0.2) is 9.59 Å². The third-order valence-corrected chi connectivity index (χ3v) is 4.17. The lowest BCUT2D eigenvalue weighted by Crippen LogP contribution is -2.45. The molecule has 0 radical (unpaired) electrons. The summed E-state index contributed by atoms with van der Waals surface area (Å²) in [4.78, 5) is 22.6. The molecular formula is C16H22N2O4. The highest BCUT2D eigenvalue weighted by atomic mass is 16.5. The molecule has 1 aromatic carbocycles. The fraction of sp³-hybridized carbons (Fsp3) is 0.500. The Morgan fingerprint density at radius 1 is 1.18 bits per heavy atom. The average molecular weight is 306 g/mol. The Morgan fingerprint density at radius 2 is 1.82 bits per heavy atom. The van der Waals surface area contributed by atoms with Gasteiger partial charge in [0.05, 0.1) is 11.2 Å². The Balaban J connectivity index is 1.76. The number of urea groups is 1. The van der Waals surface area contributed by atoms with Gasteiger partial charge in [-0.1, -0.05) is 25.0 Å². The van der Waals surface area contributed by atoms with Crippen LogP contribution in [0.5, 0.6) is 0 Å². The molecule has 0 spiro atoms.